The number of hydrogen-bond acceptors (Lipinski definition) is 5. The second-order valence-electron chi connectivity index (χ2n) is 8.09. The van der Waals surface area contributed by atoms with E-state index >= 15 is 0 Å². The van der Waals surface area contributed by atoms with E-state index in [0.29, 0.717) is 19.5 Å². The van der Waals surface area contributed by atoms with Gasteiger partial charge in [-0.05, 0) is 30.0 Å². The van der Waals surface area contributed by atoms with Crippen LogP contribution in [0.5, 0.6) is 0 Å². The number of piperazine rings is 1. The molecule has 0 bridgehead atoms. The smallest absolute Gasteiger partial charge is 0.237 e. The highest BCUT2D eigenvalue weighted by molar-refractivity contribution is 5.83. The maximum Gasteiger partial charge on any atom is 0.237 e. The fourth-order valence-corrected chi connectivity index (χ4v) is 4.34. The van der Waals surface area contributed by atoms with Crippen LogP contribution in [0.3, 0.4) is 0 Å². The number of amides is 2. The number of pyridine rings is 1. The van der Waals surface area contributed by atoms with Gasteiger partial charge in [0.25, 0.3) is 0 Å². The van der Waals surface area contributed by atoms with Gasteiger partial charge in [-0.3, -0.25) is 19.5 Å². The Labute approximate surface area is 177 Å². The standard InChI is InChI=1S/C23H29N5O2/c29-22(26-14-18-7-4-10-24-12-18)9-8-20-15-27-23(30)21-11-19(16-28(20)21)25-13-17-5-2-1-3-6-17/h1-7,10,12,19-21,25H,8-9,11,13-16H2,(H,26,29)(H,27,30). The van der Waals surface area contributed by atoms with Crippen molar-refractivity contribution in [3.63, 3.8) is 0 Å². The van der Waals surface area contributed by atoms with Crippen molar-refractivity contribution >= 4 is 11.8 Å². The van der Waals surface area contributed by atoms with Gasteiger partial charge in [0, 0.05) is 57.1 Å². The maximum absolute atomic E-state index is 12.4. The summed E-state index contributed by atoms with van der Waals surface area (Å²) in [7, 11) is 0. The predicted molar refractivity (Wildman–Crippen MR) is 114 cm³/mol. The summed E-state index contributed by atoms with van der Waals surface area (Å²) >= 11 is 0. The fraction of sp³-hybridized carbons (Fsp3) is 0.435. The SMILES string of the molecule is O=C(CCC1CNC(=O)C2CC(NCc3ccccc3)CN12)NCc1cccnc1. The first-order valence-corrected chi connectivity index (χ1v) is 10.7. The number of carbonyl (C=O) groups is 2. The van der Waals surface area contributed by atoms with Crippen LogP contribution >= 0.6 is 0 Å². The first-order chi connectivity index (χ1) is 14.7. The van der Waals surface area contributed by atoms with Gasteiger partial charge >= 0.3 is 0 Å². The quantitative estimate of drug-likeness (QED) is 0.612. The summed E-state index contributed by atoms with van der Waals surface area (Å²) in [5.41, 5.74) is 2.23. The van der Waals surface area contributed by atoms with E-state index in [2.05, 4.69) is 38.0 Å². The van der Waals surface area contributed by atoms with E-state index in [1.165, 1.54) is 5.56 Å². The molecule has 3 unspecified atom stereocenters. The van der Waals surface area contributed by atoms with Crippen LogP contribution in [0.25, 0.3) is 0 Å². The second-order valence-corrected chi connectivity index (χ2v) is 8.09. The Balaban J connectivity index is 1.25. The Bertz CT molecular complexity index is 845. The minimum atomic E-state index is -0.101. The van der Waals surface area contributed by atoms with Gasteiger partial charge in [0.05, 0.1) is 6.04 Å². The third-order valence-electron chi connectivity index (χ3n) is 5.98. The molecule has 1 aromatic carbocycles. The summed E-state index contributed by atoms with van der Waals surface area (Å²) in [5, 5.41) is 9.58. The molecular formula is C23H29N5O2. The molecule has 7 nitrogen and oxygen atoms in total. The van der Waals surface area contributed by atoms with Crippen LogP contribution in [-0.2, 0) is 22.7 Å². The average molecular weight is 408 g/mol. The van der Waals surface area contributed by atoms with Crippen molar-refractivity contribution in [2.24, 2.45) is 0 Å². The fourth-order valence-electron chi connectivity index (χ4n) is 4.34. The molecule has 3 heterocycles. The van der Waals surface area contributed by atoms with Crippen LogP contribution < -0.4 is 16.0 Å². The lowest BCUT2D eigenvalue weighted by Gasteiger charge is -2.37. The van der Waals surface area contributed by atoms with Crippen molar-refractivity contribution < 1.29 is 9.59 Å². The zero-order chi connectivity index (χ0) is 20.8. The summed E-state index contributed by atoms with van der Waals surface area (Å²) in [4.78, 5) is 31.0. The molecule has 2 aromatic rings. The third-order valence-corrected chi connectivity index (χ3v) is 5.98. The molecule has 3 atom stereocenters. The summed E-state index contributed by atoms with van der Waals surface area (Å²) in [6, 6.07) is 14.5. The van der Waals surface area contributed by atoms with E-state index < -0.39 is 0 Å². The Morgan fingerprint density at radius 1 is 1.13 bits per heavy atom. The zero-order valence-electron chi connectivity index (χ0n) is 17.1. The number of nitrogens with zero attached hydrogens (tertiary/aromatic N) is 2. The molecule has 2 amide bonds. The lowest BCUT2D eigenvalue weighted by molar-refractivity contribution is -0.129. The molecule has 1 aromatic heterocycles. The van der Waals surface area contributed by atoms with Crippen molar-refractivity contribution in [2.75, 3.05) is 13.1 Å². The third kappa shape index (κ3) is 5.23. The van der Waals surface area contributed by atoms with Gasteiger partial charge in [-0.15, -0.1) is 0 Å². The van der Waals surface area contributed by atoms with E-state index in [0.717, 1.165) is 31.5 Å². The van der Waals surface area contributed by atoms with E-state index in [-0.39, 0.29) is 29.9 Å². The van der Waals surface area contributed by atoms with Crippen molar-refractivity contribution in [2.45, 2.75) is 50.5 Å². The molecule has 158 valence electrons. The molecule has 7 heteroatoms. The molecule has 30 heavy (non-hydrogen) atoms. The topological polar surface area (TPSA) is 86.4 Å². The molecule has 2 aliphatic rings. The molecule has 3 N–H and O–H groups in total. The molecule has 0 spiro atoms. The Morgan fingerprint density at radius 2 is 1.97 bits per heavy atom. The minimum absolute atomic E-state index is 0.0326. The van der Waals surface area contributed by atoms with Gasteiger partial charge in [0.15, 0.2) is 0 Å². The maximum atomic E-state index is 12.4. The van der Waals surface area contributed by atoms with E-state index in [1.54, 1.807) is 12.4 Å². The normalized spacial score (nSPS) is 23.6. The van der Waals surface area contributed by atoms with E-state index in [4.69, 9.17) is 0 Å². The number of hydrogen-bond donors (Lipinski definition) is 3. The van der Waals surface area contributed by atoms with Crippen LogP contribution in [0, 0.1) is 0 Å². The highest BCUT2D eigenvalue weighted by Gasteiger charge is 2.43. The highest BCUT2D eigenvalue weighted by atomic mass is 16.2. The lowest BCUT2D eigenvalue weighted by Crippen LogP contribution is -2.58. The van der Waals surface area contributed by atoms with Crippen LogP contribution in [-0.4, -0.2) is 52.9 Å². The van der Waals surface area contributed by atoms with Crippen LogP contribution in [0.15, 0.2) is 54.9 Å². The Kier molecular flexibility index (Phi) is 6.71. The monoisotopic (exact) mass is 407 g/mol. The summed E-state index contributed by atoms with van der Waals surface area (Å²) in [6.07, 6.45) is 5.47. The first kappa shape index (κ1) is 20.5. The number of rotatable bonds is 8. The van der Waals surface area contributed by atoms with Crippen LogP contribution in [0.2, 0.25) is 0 Å². The highest BCUT2D eigenvalue weighted by Crippen LogP contribution is 2.26. The van der Waals surface area contributed by atoms with Crippen molar-refractivity contribution in [3.8, 4) is 0 Å². The van der Waals surface area contributed by atoms with Crippen LogP contribution in [0.4, 0.5) is 0 Å². The van der Waals surface area contributed by atoms with Gasteiger partial charge in [0.1, 0.15) is 0 Å². The Morgan fingerprint density at radius 3 is 2.77 bits per heavy atom. The molecular weight excluding hydrogens is 378 g/mol. The molecule has 2 aliphatic heterocycles. The van der Waals surface area contributed by atoms with Crippen LogP contribution in [0.1, 0.15) is 30.4 Å². The molecule has 0 saturated carbocycles. The molecule has 0 radical (unpaired) electrons. The molecule has 4 rings (SSSR count). The summed E-state index contributed by atoms with van der Waals surface area (Å²) in [5.74, 6) is 0.140. The van der Waals surface area contributed by atoms with Gasteiger partial charge < -0.3 is 16.0 Å². The molecule has 2 saturated heterocycles. The Hall–Kier alpha value is -2.77. The van der Waals surface area contributed by atoms with Crippen molar-refractivity contribution in [1.29, 1.82) is 0 Å². The summed E-state index contributed by atoms with van der Waals surface area (Å²) < 4.78 is 0. The van der Waals surface area contributed by atoms with Gasteiger partial charge in [-0.2, -0.15) is 0 Å². The predicted octanol–water partition coefficient (Wildman–Crippen LogP) is 1.21. The zero-order valence-corrected chi connectivity index (χ0v) is 17.1. The van der Waals surface area contributed by atoms with Crippen molar-refractivity contribution in [3.05, 3.63) is 66.0 Å². The van der Waals surface area contributed by atoms with Gasteiger partial charge in [-0.1, -0.05) is 36.4 Å². The molecule has 2 fully saturated rings. The number of benzene rings is 1. The number of aromatic nitrogens is 1. The lowest BCUT2D eigenvalue weighted by atomic mass is 10.0. The largest absolute Gasteiger partial charge is 0.353 e. The van der Waals surface area contributed by atoms with Gasteiger partial charge in [-0.25, -0.2) is 0 Å². The number of fused-ring (bicyclic) bond motifs is 1. The number of nitrogens with one attached hydrogen (secondary N) is 3. The van der Waals surface area contributed by atoms with Gasteiger partial charge in [0.2, 0.25) is 11.8 Å². The second kappa shape index (κ2) is 9.82. The molecule has 0 aliphatic carbocycles. The van der Waals surface area contributed by atoms with Crippen molar-refractivity contribution in [1.82, 2.24) is 25.8 Å². The van der Waals surface area contributed by atoms with E-state index in [1.807, 2.05) is 30.3 Å². The minimum Gasteiger partial charge on any atom is -0.353 e. The average Bonchev–Trinajstić information content (AvgIpc) is 3.23. The first-order valence-electron chi connectivity index (χ1n) is 10.7. The summed E-state index contributed by atoms with van der Waals surface area (Å²) in [6.45, 7) is 2.74. The van der Waals surface area contributed by atoms with E-state index in [9.17, 15) is 9.59 Å². The number of carbonyl (C=O) groups excluding carboxylic acids is 2.